The second kappa shape index (κ2) is 5.12. The summed E-state index contributed by atoms with van der Waals surface area (Å²) in [4.78, 5) is 13.8. The van der Waals surface area contributed by atoms with Gasteiger partial charge >= 0.3 is 0 Å². The van der Waals surface area contributed by atoms with Crippen LogP contribution < -0.4 is 0 Å². The van der Waals surface area contributed by atoms with Crippen LogP contribution in [0.4, 0.5) is 0 Å². The number of aliphatic imine (C=N–C) groups is 1. The van der Waals surface area contributed by atoms with Crippen LogP contribution in [0, 0.1) is 0 Å². The van der Waals surface area contributed by atoms with Crippen molar-refractivity contribution in [2.75, 3.05) is 14.2 Å². The summed E-state index contributed by atoms with van der Waals surface area (Å²) in [7, 11) is 3.34. The summed E-state index contributed by atoms with van der Waals surface area (Å²) in [5.41, 5.74) is 0. The third-order valence-corrected chi connectivity index (χ3v) is 2.54. The molecule has 3 unspecified atom stereocenters. The van der Waals surface area contributed by atoms with Crippen molar-refractivity contribution in [2.24, 2.45) is 4.99 Å². The Labute approximate surface area is 77.9 Å². The first-order valence-electron chi connectivity index (χ1n) is 4.44. The van der Waals surface area contributed by atoms with Gasteiger partial charge in [-0.05, 0) is 19.3 Å². The van der Waals surface area contributed by atoms with Gasteiger partial charge < -0.3 is 9.47 Å². The number of nitrogens with zero attached hydrogens (tertiary/aromatic N) is 1. The molecule has 0 aromatic carbocycles. The molecule has 0 spiro atoms. The van der Waals surface area contributed by atoms with Gasteiger partial charge in [-0.25, -0.2) is 9.79 Å². The first-order valence-corrected chi connectivity index (χ1v) is 4.44. The lowest BCUT2D eigenvalue weighted by Crippen LogP contribution is -2.38. The Kier molecular flexibility index (Phi) is 4.09. The van der Waals surface area contributed by atoms with E-state index in [1.54, 1.807) is 20.3 Å². The first kappa shape index (κ1) is 10.4. The minimum Gasteiger partial charge on any atom is -0.379 e. The van der Waals surface area contributed by atoms with E-state index in [0.29, 0.717) is 0 Å². The molecule has 1 fully saturated rings. The fourth-order valence-corrected chi connectivity index (χ4v) is 1.79. The molecule has 1 aliphatic carbocycles. The average Bonchev–Trinajstić information content (AvgIpc) is 2.18. The molecule has 4 heteroatoms. The third kappa shape index (κ3) is 2.62. The topological polar surface area (TPSA) is 47.9 Å². The molecular weight excluding hydrogens is 170 g/mol. The van der Waals surface area contributed by atoms with E-state index in [1.807, 2.05) is 0 Å². The number of methoxy groups -OCH3 is 2. The maximum atomic E-state index is 10.1. The van der Waals surface area contributed by atoms with E-state index in [4.69, 9.17) is 9.47 Å². The number of hydrogen-bond donors (Lipinski definition) is 0. The van der Waals surface area contributed by atoms with Gasteiger partial charge in [0.25, 0.3) is 0 Å². The van der Waals surface area contributed by atoms with Crippen molar-refractivity contribution in [1.82, 2.24) is 0 Å². The molecule has 13 heavy (non-hydrogen) atoms. The summed E-state index contributed by atoms with van der Waals surface area (Å²) in [5.74, 6) is 0. The molecule has 1 aliphatic rings. The smallest absolute Gasteiger partial charge is 0.235 e. The molecule has 0 heterocycles. The van der Waals surface area contributed by atoms with Gasteiger partial charge in [-0.3, -0.25) is 0 Å². The highest BCUT2D eigenvalue weighted by Crippen LogP contribution is 2.25. The molecule has 0 aromatic heterocycles. The predicted octanol–water partition coefficient (Wildman–Crippen LogP) is 0.905. The van der Waals surface area contributed by atoms with E-state index in [0.717, 1.165) is 19.3 Å². The summed E-state index contributed by atoms with van der Waals surface area (Å²) in [6.07, 6.45) is 4.32. The molecule has 0 radical (unpaired) electrons. The van der Waals surface area contributed by atoms with Gasteiger partial charge in [0.05, 0.1) is 18.2 Å². The van der Waals surface area contributed by atoms with Crippen LogP contribution in [-0.2, 0) is 14.3 Å². The Balaban J connectivity index is 2.51. The van der Waals surface area contributed by atoms with Crippen LogP contribution in [0.1, 0.15) is 19.3 Å². The Morgan fingerprint density at radius 1 is 1.23 bits per heavy atom. The maximum Gasteiger partial charge on any atom is 0.235 e. The molecule has 4 nitrogen and oxygen atoms in total. The minimum atomic E-state index is 0.0563. The number of carbonyl (C=O) groups excluding carboxylic acids is 1. The average molecular weight is 185 g/mol. The predicted molar refractivity (Wildman–Crippen MR) is 47.4 cm³/mol. The molecule has 0 bridgehead atoms. The van der Waals surface area contributed by atoms with E-state index in [9.17, 15) is 4.79 Å². The van der Waals surface area contributed by atoms with Crippen LogP contribution in [0.3, 0.4) is 0 Å². The molecule has 0 saturated heterocycles. The third-order valence-electron chi connectivity index (χ3n) is 2.54. The summed E-state index contributed by atoms with van der Waals surface area (Å²) in [5, 5.41) is 0. The molecular formula is C9H15NO3. The summed E-state index contributed by atoms with van der Waals surface area (Å²) in [6, 6.07) is 0.0637. The summed E-state index contributed by atoms with van der Waals surface area (Å²) in [6.45, 7) is 0. The van der Waals surface area contributed by atoms with Crippen LogP contribution >= 0.6 is 0 Å². The highest BCUT2D eigenvalue weighted by molar-refractivity contribution is 5.33. The standard InChI is InChI=1S/C9H15NO3/c1-12-8-4-3-7(10-6-11)5-9(8)13-2/h7-9H,3-5H2,1-2H3. The van der Waals surface area contributed by atoms with E-state index < -0.39 is 0 Å². The molecule has 1 rings (SSSR count). The minimum absolute atomic E-state index is 0.0563. The van der Waals surface area contributed by atoms with Crippen LogP contribution in [0.5, 0.6) is 0 Å². The Bertz CT molecular complexity index is 201. The molecule has 0 aliphatic heterocycles. The van der Waals surface area contributed by atoms with Crippen LogP contribution in [0.25, 0.3) is 0 Å². The van der Waals surface area contributed by atoms with Crippen LogP contribution in [-0.4, -0.2) is 38.5 Å². The maximum absolute atomic E-state index is 10.1. The second-order valence-electron chi connectivity index (χ2n) is 3.24. The van der Waals surface area contributed by atoms with E-state index in [2.05, 4.69) is 4.99 Å². The van der Waals surface area contributed by atoms with Crippen molar-refractivity contribution in [3.05, 3.63) is 0 Å². The number of ether oxygens (including phenoxy) is 2. The SMILES string of the molecule is COC1CCC(N=C=O)CC1OC. The Hall–Kier alpha value is -0.700. The van der Waals surface area contributed by atoms with Crippen molar-refractivity contribution < 1.29 is 14.3 Å². The molecule has 0 aromatic rings. The van der Waals surface area contributed by atoms with E-state index in [-0.39, 0.29) is 18.2 Å². The lowest BCUT2D eigenvalue weighted by molar-refractivity contribution is -0.0614. The van der Waals surface area contributed by atoms with Gasteiger partial charge in [-0.2, -0.15) is 0 Å². The molecule has 0 amide bonds. The molecule has 74 valence electrons. The lowest BCUT2D eigenvalue weighted by Gasteiger charge is -2.31. The van der Waals surface area contributed by atoms with Crippen molar-refractivity contribution in [3.63, 3.8) is 0 Å². The largest absolute Gasteiger partial charge is 0.379 e. The zero-order valence-corrected chi connectivity index (χ0v) is 8.03. The second-order valence-corrected chi connectivity index (χ2v) is 3.24. The molecule has 3 atom stereocenters. The van der Waals surface area contributed by atoms with E-state index in [1.165, 1.54) is 0 Å². The summed E-state index contributed by atoms with van der Waals surface area (Å²) >= 11 is 0. The van der Waals surface area contributed by atoms with Crippen molar-refractivity contribution in [3.8, 4) is 0 Å². The van der Waals surface area contributed by atoms with Gasteiger partial charge in [-0.1, -0.05) is 0 Å². The summed E-state index contributed by atoms with van der Waals surface area (Å²) < 4.78 is 10.5. The fraction of sp³-hybridized carbons (Fsp3) is 0.889. The molecule has 0 N–H and O–H groups in total. The van der Waals surface area contributed by atoms with Gasteiger partial charge in [0.1, 0.15) is 0 Å². The highest BCUT2D eigenvalue weighted by atomic mass is 16.5. The Morgan fingerprint density at radius 3 is 2.46 bits per heavy atom. The van der Waals surface area contributed by atoms with E-state index >= 15 is 0 Å². The van der Waals surface area contributed by atoms with Crippen molar-refractivity contribution in [1.29, 1.82) is 0 Å². The fourth-order valence-electron chi connectivity index (χ4n) is 1.79. The quantitative estimate of drug-likeness (QED) is 0.485. The lowest BCUT2D eigenvalue weighted by atomic mass is 9.91. The van der Waals surface area contributed by atoms with Crippen molar-refractivity contribution >= 4 is 6.08 Å². The first-order chi connectivity index (χ1) is 6.31. The number of hydrogen-bond acceptors (Lipinski definition) is 4. The van der Waals surface area contributed by atoms with Crippen LogP contribution in [0.2, 0.25) is 0 Å². The zero-order chi connectivity index (χ0) is 9.68. The Morgan fingerprint density at radius 2 is 1.92 bits per heavy atom. The zero-order valence-electron chi connectivity index (χ0n) is 8.03. The van der Waals surface area contributed by atoms with Gasteiger partial charge in [0, 0.05) is 14.2 Å². The van der Waals surface area contributed by atoms with Crippen molar-refractivity contribution in [2.45, 2.75) is 37.5 Å². The van der Waals surface area contributed by atoms with Crippen LogP contribution in [0.15, 0.2) is 4.99 Å². The molecule has 1 saturated carbocycles. The van der Waals surface area contributed by atoms with Gasteiger partial charge in [-0.15, -0.1) is 0 Å². The normalized spacial score (nSPS) is 33.8. The number of rotatable bonds is 3. The van der Waals surface area contributed by atoms with Gasteiger partial charge in [0.15, 0.2) is 0 Å². The highest BCUT2D eigenvalue weighted by Gasteiger charge is 2.30. The van der Waals surface area contributed by atoms with Gasteiger partial charge in [0.2, 0.25) is 6.08 Å². The monoisotopic (exact) mass is 185 g/mol. The number of isocyanates is 1.